The molecule has 234 valence electrons. The first-order valence-corrected chi connectivity index (χ1v) is 17.9. The Bertz CT molecular complexity index is 3020. The maximum atomic E-state index is 6.80. The summed E-state index contributed by atoms with van der Waals surface area (Å²) in [6.07, 6.45) is 0. The van der Waals surface area contributed by atoms with E-state index < -0.39 is 0 Å². The van der Waals surface area contributed by atoms with Crippen LogP contribution in [0.5, 0.6) is 11.5 Å². The lowest BCUT2D eigenvalue weighted by atomic mass is 10.0. The number of aromatic nitrogens is 2. The highest BCUT2D eigenvalue weighted by atomic mass is 32.2. The lowest BCUT2D eigenvalue weighted by molar-refractivity contribution is 0.474. The van der Waals surface area contributed by atoms with Gasteiger partial charge in [0.05, 0.1) is 11.4 Å². The Balaban J connectivity index is 1.10. The molecule has 10 aromatic rings. The summed E-state index contributed by atoms with van der Waals surface area (Å²) in [5.74, 6) is 2.57. The third-order valence-corrected chi connectivity index (χ3v) is 11.9. The van der Waals surface area contributed by atoms with E-state index in [0.717, 1.165) is 66.8 Å². The summed E-state index contributed by atoms with van der Waals surface area (Å²) in [4.78, 5) is 14.2. The predicted molar refractivity (Wildman–Crippen MR) is 202 cm³/mol. The lowest BCUT2D eigenvalue weighted by Gasteiger charge is -2.38. The Morgan fingerprint density at radius 2 is 1.28 bits per heavy atom. The number of nitrogens with zero attached hydrogens (tertiary/aromatic N) is 3. The molecule has 0 saturated heterocycles. The van der Waals surface area contributed by atoms with Crippen LogP contribution in [0.2, 0.25) is 0 Å². The van der Waals surface area contributed by atoms with E-state index >= 15 is 0 Å². The first kappa shape index (κ1) is 26.8. The van der Waals surface area contributed by atoms with Crippen LogP contribution in [0.25, 0.3) is 76.1 Å². The van der Waals surface area contributed by atoms with Crippen molar-refractivity contribution in [1.29, 1.82) is 0 Å². The fourth-order valence-corrected chi connectivity index (χ4v) is 9.69. The fourth-order valence-electron chi connectivity index (χ4n) is 7.41. The number of thiophene rings is 1. The van der Waals surface area contributed by atoms with Crippen LogP contribution in [0.15, 0.2) is 146 Å². The van der Waals surface area contributed by atoms with Crippen molar-refractivity contribution in [2.75, 3.05) is 4.90 Å². The van der Waals surface area contributed by atoms with Crippen molar-refractivity contribution >= 4 is 93.3 Å². The largest absolute Gasteiger partial charge is 0.453 e. The van der Waals surface area contributed by atoms with Crippen LogP contribution in [0.1, 0.15) is 0 Å². The van der Waals surface area contributed by atoms with Crippen LogP contribution >= 0.6 is 23.1 Å². The summed E-state index contributed by atoms with van der Waals surface area (Å²) in [5.41, 5.74) is 7.94. The molecule has 3 aromatic heterocycles. The van der Waals surface area contributed by atoms with Crippen LogP contribution in [-0.4, -0.2) is 9.97 Å². The number of oxazole rings is 2. The van der Waals surface area contributed by atoms with Gasteiger partial charge in [0.25, 0.3) is 0 Å². The highest BCUT2D eigenvalue weighted by Crippen LogP contribution is 2.62. The van der Waals surface area contributed by atoms with Gasteiger partial charge in [-0.15, -0.1) is 11.3 Å². The van der Waals surface area contributed by atoms with E-state index in [1.54, 1.807) is 11.8 Å². The summed E-state index contributed by atoms with van der Waals surface area (Å²) in [7, 11) is 0. The molecule has 0 bridgehead atoms. The molecular formula is C42H21N3O3S2. The summed E-state index contributed by atoms with van der Waals surface area (Å²) in [6, 6.07) is 44.0. The van der Waals surface area contributed by atoms with E-state index in [2.05, 4.69) is 71.6 Å². The molecule has 0 saturated carbocycles. The van der Waals surface area contributed by atoms with E-state index in [-0.39, 0.29) is 0 Å². The number of fused-ring (bicyclic) bond motifs is 11. The molecule has 0 spiro atoms. The number of benzene rings is 7. The zero-order valence-corrected chi connectivity index (χ0v) is 27.6. The van der Waals surface area contributed by atoms with Gasteiger partial charge in [0.2, 0.25) is 11.8 Å². The van der Waals surface area contributed by atoms with Gasteiger partial charge in [-0.05, 0) is 83.6 Å². The topological polar surface area (TPSA) is 64.5 Å². The van der Waals surface area contributed by atoms with E-state index in [9.17, 15) is 0 Å². The van der Waals surface area contributed by atoms with Gasteiger partial charge < -0.3 is 18.5 Å². The maximum absolute atomic E-state index is 6.80. The van der Waals surface area contributed by atoms with E-state index in [1.807, 2.05) is 72.0 Å². The molecule has 12 rings (SSSR count). The van der Waals surface area contributed by atoms with Crippen molar-refractivity contribution in [2.24, 2.45) is 0 Å². The molecule has 6 nitrogen and oxygen atoms in total. The second-order valence-electron chi connectivity index (χ2n) is 12.6. The van der Waals surface area contributed by atoms with Crippen LogP contribution in [0.4, 0.5) is 17.1 Å². The van der Waals surface area contributed by atoms with Crippen LogP contribution < -0.4 is 9.64 Å². The quantitative estimate of drug-likeness (QED) is 0.180. The fraction of sp³-hybridized carbons (Fsp3) is 0. The zero-order chi connectivity index (χ0) is 32.5. The van der Waals surface area contributed by atoms with Crippen molar-refractivity contribution in [3.05, 3.63) is 127 Å². The van der Waals surface area contributed by atoms with E-state index in [1.165, 1.54) is 35.8 Å². The molecule has 7 aromatic carbocycles. The third-order valence-electron chi connectivity index (χ3n) is 9.67. The molecule has 2 aliphatic heterocycles. The van der Waals surface area contributed by atoms with Crippen molar-refractivity contribution in [2.45, 2.75) is 9.79 Å². The number of ether oxygens (including phenoxy) is 1. The SMILES string of the molecule is c1ccc2c(c1)ccc1sc3cc4c(cc3c12)Sc1cc(-c2nc3ccccc3o2)cc2c1N4c1ccc(-c3nc4ccccc4o3)cc1O2. The molecule has 0 unspecified atom stereocenters. The average molecular weight is 680 g/mol. The highest BCUT2D eigenvalue weighted by molar-refractivity contribution is 7.99. The zero-order valence-electron chi connectivity index (χ0n) is 26.0. The Morgan fingerprint density at radius 1 is 0.540 bits per heavy atom. The summed E-state index contributed by atoms with van der Waals surface area (Å²) >= 11 is 3.60. The van der Waals surface area contributed by atoms with Gasteiger partial charge in [0, 0.05) is 41.1 Å². The molecule has 0 aliphatic carbocycles. The van der Waals surface area contributed by atoms with Crippen molar-refractivity contribution in [3.63, 3.8) is 0 Å². The number of hydrogen-bond acceptors (Lipinski definition) is 8. The number of anilines is 3. The monoisotopic (exact) mass is 679 g/mol. The van der Waals surface area contributed by atoms with Gasteiger partial charge in [0.15, 0.2) is 22.7 Å². The second-order valence-corrected chi connectivity index (χ2v) is 14.8. The summed E-state index contributed by atoms with van der Waals surface area (Å²) < 4.78 is 21.8. The molecule has 8 heteroatoms. The number of rotatable bonds is 2. The summed E-state index contributed by atoms with van der Waals surface area (Å²) in [6.45, 7) is 0. The van der Waals surface area contributed by atoms with Gasteiger partial charge >= 0.3 is 0 Å². The minimum Gasteiger partial charge on any atom is -0.453 e. The van der Waals surface area contributed by atoms with Crippen LogP contribution in [0.3, 0.4) is 0 Å². The molecule has 0 N–H and O–H groups in total. The van der Waals surface area contributed by atoms with Gasteiger partial charge in [-0.3, -0.25) is 0 Å². The van der Waals surface area contributed by atoms with Crippen molar-refractivity contribution < 1.29 is 13.6 Å². The summed E-state index contributed by atoms with van der Waals surface area (Å²) in [5, 5.41) is 5.11. The van der Waals surface area contributed by atoms with E-state index in [4.69, 9.17) is 23.5 Å². The molecular weight excluding hydrogens is 659 g/mol. The predicted octanol–water partition coefficient (Wildman–Crippen LogP) is 12.9. The average Bonchev–Trinajstić information content (AvgIpc) is 3.88. The minimum atomic E-state index is 0.554. The second kappa shape index (κ2) is 9.75. The van der Waals surface area contributed by atoms with Crippen molar-refractivity contribution in [1.82, 2.24) is 9.97 Å². The van der Waals surface area contributed by atoms with Gasteiger partial charge in [0.1, 0.15) is 16.7 Å². The smallest absolute Gasteiger partial charge is 0.227 e. The first-order valence-electron chi connectivity index (χ1n) is 16.3. The molecule has 2 aliphatic rings. The van der Waals surface area contributed by atoms with Gasteiger partial charge in [-0.2, -0.15) is 0 Å². The molecule has 50 heavy (non-hydrogen) atoms. The van der Waals surface area contributed by atoms with Crippen molar-refractivity contribution in [3.8, 4) is 34.4 Å². The number of para-hydroxylation sites is 4. The van der Waals surface area contributed by atoms with E-state index in [0.29, 0.717) is 11.8 Å². The Labute approximate surface area is 292 Å². The lowest BCUT2D eigenvalue weighted by Crippen LogP contribution is -2.19. The Hall–Kier alpha value is -6.09. The standard InChI is InChI=1S/C42H21N3O3S2/c1-2-8-25-22(7-1)14-16-35-39(25)26-20-37-30(21-36(26)49-35)45-29-15-13-23(41-43-27-9-3-5-11-31(27)47-41)17-33(29)46-34-18-24(19-38(50-37)40(34)45)42-44-28-10-4-6-12-32(28)48-42/h1-21H. The Morgan fingerprint density at radius 3 is 2.10 bits per heavy atom. The Kier molecular flexibility index (Phi) is 5.23. The minimum absolute atomic E-state index is 0.554. The van der Waals surface area contributed by atoms with Gasteiger partial charge in [-0.1, -0.05) is 66.4 Å². The third kappa shape index (κ3) is 3.74. The maximum Gasteiger partial charge on any atom is 0.227 e. The number of hydrogen-bond donors (Lipinski definition) is 0. The highest BCUT2D eigenvalue weighted by Gasteiger charge is 2.36. The molecule has 0 fully saturated rings. The molecule has 5 heterocycles. The molecule has 0 amide bonds. The normalized spacial score (nSPS) is 13.2. The van der Waals surface area contributed by atoms with Crippen LogP contribution in [0, 0.1) is 0 Å². The van der Waals surface area contributed by atoms with Gasteiger partial charge in [-0.25, -0.2) is 9.97 Å². The molecule has 0 atom stereocenters. The van der Waals surface area contributed by atoms with Crippen LogP contribution in [-0.2, 0) is 0 Å². The molecule has 0 radical (unpaired) electrons. The first-order chi connectivity index (χ1) is 24.7.